The summed E-state index contributed by atoms with van der Waals surface area (Å²) in [5, 5.41) is 3.00. The molecule has 0 saturated carbocycles. The van der Waals surface area contributed by atoms with Crippen molar-refractivity contribution in [1.82, 2.24) is 10.2 Å². The van der Waals surface area contributed by atoms with Crippen molar-refractivity contribution in [3.63, 3.8) is 0 Å². The molecule has 0 heterocycles. The summed E-state index contributed by atoms with van der Waals surface area (Å²) in [6.45, 7) is 4.87. The van der Waals surface area contributed by atoms with Crippen LogP contribution in [0.25, 0.3) is 0 Å². The van der Waals surface area contributed by atoms with Gasteiger partial charge in [-0.15, -0.1) is 0 Å². The summed E-state index contributed by atoms with van der Waals surface area (Å²) in [5.41, 5.74) is 0. The van der Waals surface area contributed by atoms with E-state index in [1.54, 1.807) is 0 Å². The molecular formula is C8H18N3. The van der Waals surface area contributed by atoms with E-state index in [-0.39, 0.29) is 0 Å². The molecular weight excluding hydrogens is 138 g/mol. The lowest BCUT2D eigenvalue weighted by molar-refractivity contribution is 0.400. The maximum Gasteiger partial charge on any atom is 0.164 e. The second kappa shape index (κ2) is 7.54. The third kappa shape index (κ3) is 9.43. The van der Waals surface area contributed by atoms with Gasteiger partial charge < -0.3 is 10.2 Å². The molecule has 1 N–H and O–H groups in total. The van der Waals surface area contributed by atoms with Gasteiger partial charge in [-0.1, -0.05) is 0 Å². The van der Waals surface area contributed by atoms with Crippen molar-refractivity contribution in [3.8, 4) is 0 Å². The summed E-state index contributed by atoms with van der Waals surface area (Å²) in [6.07, 6.45) is 3.90. The molecule has 0 atom stereocenters. The maximum atomic E-state index is 3.91. The highest BCUT2D eigenvalue weighted by Crippen LogP contribution is 1.79. The summed E-state index contributed by atoms with van der Waals surface area (Å²) in [7, 11) is 4.15. The first kappa shape index (κ1) is 10.4. The van der Waals surface area contributed by atoms with Gasteiger partial charge in [-0.25, -0.2) is 0 Å². The molecule has 0 amide bonds. The van der Waals surface area contributed by atoms with Gasteiger partial charge in [0.2, 0.25) is 0 Å². The van der Waals surface area contributed by atoms with Crippen molar-refractivity contribution in [2.24, 2.45) is 4.99 Å². The van der Waals surface area contributed by atoms with Crippen LogP contribution in [0.5, 0.6) is 0 Å². The summed E-state index contributed by atoms with van der Waals surface area (Å²) in [4.78, 5) is 6.08. The van der Waals surface area contributed by atoms with E-state index in [1.165, 1.54) is 0 Å². The molecule has 0 aromatic carbocycles. The Hall–Kier alpha value is -0.570. The predicted molar refractivity (Wildman–Crippen MR) is 49.1 cm³/mol. The minimum Gasteiger partial charge on any atom is -0.367 e. The van der Waals surface area contributed by atoms with E-state index in [0.29, 0.717) is 0 Å². The molecule has 3 heteroatoms. The molecule has 0 spiro atoms. The lowest BCUT2D eigenvalue weighted by atomic mass is 10.4. The highest BCUT2D eigenvalue weighted by molar-refractivity contribution is 5.53. The van der Waals surface area contributed by atoms with Gasteiger partial charge in [-0.2, -0.15) is 0 Å². The zero-order valence-corrected chi connectivity index (χ0v) is 7.72. The quantitative estimate of drug-likeness (QED) is 0.262. The summed E-state index contributed by atoms with van der Waals surface area (Å²) in [6, 6.07) is 0. The van der Waals surface area contributed by atoms with Crippen LogP contribution in [-0.4, -0.2) is 45.0 Å². The molecule has 0 fully saturated rings. The maximum absolute atomic E-state index is 3.91. The Morgan fingerprint density at radius 2 is 2.18 bits per heavy atom. The van der Waals surface area contributed by atoms with E-state index in [4.69, 9.17) is 0 Å². The Morgan fingerprint density at radius 1 is 1.45 bits per heavy atom. The minimum atomic E-state index is 0.806. The van der Waals surface area contributed by atoms with Gasteiger partial charge in [-0.05, 0) is 34.0 Å². The van der Waals surface area contributed by atoms with Crippen LogP contribution in [0.2, 0.25) is 0 Å². The lowest BCUT2D eigenvalue weighted by Gasteiger charge is -2.07. The fourth-order valence-electron chi connectivity index (χ4n) is 0.675. The Bertz CT molecular complexity index is 99.5. The molecule has 0 saturated heterocycles. The van der Waals surface area contributed by atoms with Gasteiger partial charge in [0.1, 0.15) is 0 Å². The van der Waals surface area contributed by atoms with Crippen LogP contribution in [0, 0.1) is 0 Å². The van der Waals surface area contributed by atoms with Crippen LogP contribution in [0.3, 0.4) is 0 Å². The van der Waals surface area contributed by atoms with E-state index >= 15 is 0 Å². The first-order chi connectivity index (χ1) is 5.27. The third-order valence-corrected chi connectivity index (χ3v) is 1.22. The average Bonchev–Trinajstić information content (AvgIpc) is 1.96. The zero-order valence-electron chi connectivity index (χ0n) is 7.72. The fraction of sp³-hybridized carbons (Fsp3) is 0.875. The first-order valence-electron chi connectivity index (χ1n) is 4.06. The third-order valence-electron chi connectivity index (χ3n) is 1.22. The molecule has 1 radical (unpaired) electrons. The number of rotatable bonds is 6. The van der Waals surface area contributed by atoms with Crippen LogP contribution in [0.15, 0.2) is 4.99 Å². The fourth-order valence-corrected chi connectivity index (χ4v) is 0.675. The number of hydrogen-bond acceptors (Lipinski definition) is 2. The molecule has 11 heavy (non-hydrogen) atoms. The van der Waals surface area contributed by atoms with Crippen molar-refractivity contribution in [3.05, 3.63) is 0 Å². The van der Waals surface area contributed by atoms with E-state index in [0.717, 1.165) is 26.1 Å². The molecule has 0 rings (SSSR count). The first-order valence-corrected chi connectivity index (χ1v) is 4.06. The highest BCUT2D eigenvalue weighted by atomic mass is 15.1. The molecule has 0 aliphatic carbocycles. The molecule has 0 aromatic heterocycles. The topological polar surface area (TPSA) is 27.6 Å². The Kier molecular flexibility index (Phi) is 7.15. The van der Waals surface area contributed by atoms with Crippen molar-refractivity contribution >= 4 is 6.34 Å². The lowest BCUT2D eigenvalue weighted by Crippen LogP contribution is -2.20. The van der Waals surface area contributed by atoms with Gasteiger partial charge >= 0.3 is 0 Å². The molecule has 3 nitrogen and oxygen atoms in total. The second-order valence-electron chi connectivity index (χ2n) is 2.67. The van der Waals surface area contributed by atoms with E-state index in [1.807, 2.05) is 6.92 Å². The standard InChI is InChI=1S/C8H18N3/c1-4-9-8-10-6-5-7-11(2)3/h4-7H2,1-3H3,(H,9,10). The predicted octanol–water partition coefficient (Wildman–Crippen LogP) is 0.453. The van der Waals surface area contributed by atoms with Crippen LogP contribution in [-0.2, 0) is 0 Å². The Labute approximate surface area is 69.5 Å². The van der Waals surface area contributed by atoms with Crippen molar-refractivity contribution in [2.75, 3.05) is 33.7 Å². The van der Waals surface area contributed by atoms with Gasteiger partial charge in [0, 0.05) is 13.1 Å². The number of nitrogens with zero attached hydrogens (tertiary/aromatic N) is 2. The van der Waals surface area contributed by atoms with Gasteiger partial charge in [-0.3, -0.25) is 4.99 Å². The van der Waals surface area contributed by atoms with E-state index in [9.17, 15) is 0 Å². The molecule has 0 aliphatic heterocycles. The molecule has 0 unspecified atom stereocenters. The normalized spacial score (nSPS) is 11.3. The molecule has 65 valence electrons. The van der Waals surface area contributed by atoms with Crippen molar-refractivity contribution < 1.29 is 0 Å². The van der Waals surface area contributed by atoms with Crippen LogP contribution in [0.1, 0.15) is 13.3 Å². The minimum absolute atomic E-state index is 0.806. The Morgan fingerprint density at radius 3 is 2.73 bits per heavy atom. The molecule has 0 aliphatic rings. The Balaban J connectivity index is 2.96. The largest absolute Gasteiger partial charge is 0.367 e. The number of aliphatic imine (C=N–C) groups is 1. The second-order valence-corrected chi connectivity index (χ2v) is 2.67. The van der Waals surface area contributed by atoms with E-state index < -0.39 is 0 Å². The zero-order chi connectivity index (χ0) is 8.53. The van der Waals surface area contributed by atoms with Gasteiger partial charge in [0.05, 0.1) is 0 Å². The summed E-state index contributed by atoms with van der Waals surface area (Å²) < 4.78 is 0. The average molecular weight is 156 g/mol. The van der Waals surface area contributed by atoms with E-state index in [2.05, 4.69) is 35.6 Å². The monoisotopic (exact) mass is 156 g/mol. The number of nitrogens with one attached hydrogen (secondary N) is 1. The SMILES string of the molecule is CC/N=[C]/NCCCN(C)C. The summed E-state index contributed by atoms with van der Waals surface area (Å²) in [5.74, 6) is 0. The van der Waals surface area contributed by atoms with Crippen LogP contribution < -0.4 is 5.32 Å². The van der Waals surface area contributed by atoms with Crippen molar-refractivity contribution in [2.45, 2.75) is 13.3 Å². The smallest absolute Gasteiger partial charge is 0.164 e. The van der Waals surface area contributed by atoms with Crippen LogP contribution in [0.4, 0.5) is 0 Å². The molecule has 0 bridgehead atoms. The molecule has 0 aromatic rings. The van der Waals surface area contributed by atoms with Crippen molar-refractivity contribution in [1.29, 1.82) is 0 Å². The number of hydrogen-bond donors (Lipinski definition) is 1. The highest BCUT2D eigenvalue weighted by Gasteiger charge is 1.87. The summed E-state index contributed by atoms with van der Waals surface area (Å²) >= 11 is 0. The van der Waals surface area contributed by atoms with Gasteiger partial charge in [0.15, 0.2) is 6.34 Å². The van der Waals surface area contributed by atoms with Crippen LogP contribution >= 0.6 is 0 Å². The van der Waals surface area contributed by atoms with Gasteiger partial charge in [0.25, 0.3) is 0 Å².